The van der Waals surface area contributed by atoms with Crippen molar-refractivity contribution >= 4 is 0 Å². The molecule has 0 aromatic carbocycles. The summed E-state index contributed by atoms with van der Waals surface area (Å²) in [7, 11) is 0. The van der Waals surface area contributed by atoms with Gasteiger partial charge in [0.25, 0.3) is 0 Å². The number of hydrogen-bond acceptors (Lipinski definition) is 4. The second-order valence-electron chi connectivity index (χ2n) is 6.53. The van der Waals surface area contributed by atoms with Gasteiger partial charge in [-0.15, -0.1) is 0 Å². The zero-order valence-corrected chi connectivity index (χ0v) is 12.3. The maximum atomic E-state index is 4.56. The number of rotatable bonds is 2. The summed E-state index contributed by atoms with van der Waals surface area (Å²) in [6.07, 6.45) is 3.59. The van der Waals surface area contributed by atoms with E-state index < -0.39 is 0 Å². The lowest BCUT2D eigenvalue weighted by atomic mass is 9.84. The SMILES string of the molecule is Cc1nccnc1C(C)N1CC2CNCC2C1(C)C. The molecule has 1 aromatic rings. The lowest BCUT2D eigenvalue weighted by molar-refractivity contribution is 0.0945. The molecular formula is C15H24N4. The van der Waals surface area contributed by atoms with Crippen molar-refractivity contribution in [2.45, 2.75) is 39.3 Å². The van der Waals surface area contributed by atoms with Gasteiger partial charge in [-0.05, 0) is 46.1 Å². The molecular weight excluding hydrogens is 236 g/mol. The molecule has 2 aliphatic heterocycles. The van der Waals surface area contributed by atoms with Crippen LogP contribution in [0, 0.1) is 18.8 Å². The van der Waals surface area contributed by atoms with Gasteiger partial charge in [0, 0.05) is 31.0 Å². The number of aromatic nitrogens is 2. The topological polar surface area (TPSA) is 41.1 Å². The Morgan fingerprint density at radius 3 is 2.74 bits per heavy atom. The highest BCUT2D eigenvalue weighted by molar-refractivity contribution is 5.16. The molecule has 1 N–H and O–H groups in total. The van der Waals surface area contributed by atoms with Crippen molar-refractivity contribution in [3.8, 4) is 0 Å². The van der Waals surface area contributed by atoms with Crippen molar-refractivity contribution in [1.29, 1.82) is 0 Å². The summed E-state index contributed by atoms with van der Waals surface area (Å²) in [5.41, 5.74) is 2.42. The molecule has 2 saturated heterocycles. The molecule has 0 saturated carbocycles. The van der Waals surface area contributed by atoms with Crippen molar-refractivity contribution in [2.24, 2.45) is 11.8 Å². The largest absolute Gasteiger partial charge is 0.316 e. The number of aryl methyl sites for hydroxylation is 1. The van der Waals surface area contributed by atoms with Crippen LogP contribution in [0.1, 0.15) is 38.2 Å². The lowest BCUT2D eigenvalue weighted by Gasteiger charge is -2.39. The fraction of sp³-hybridized carbons (Fsp3) is 0.733. The molecule has 1 aromatic heterocycles. The van der Waals surface area contributed by atoms with Crippen molar-refractivity contribution in [2.75, 3.05) is 19.6 Å². The Morgan fingerprint density at radius 2 is 2.05 bits per heavy atom. The minimum absolute atomic E-state index is 0.234. The number of hydrogen-bond donors (Lipinski definition) is 1. The predicted octanol–water partition coefficient (Wildman–Crippen LogP) is 1.78. The molecule has 4 nitrogen and oxygen atoms in total. The van der Waals surface area contributed by atoms with Gasteiger partial charge in [-0.2, -0.15) is 0 Å². The monoisotopic (exact) mass is 260 g/mol. The van der Waals surface area contributed by atoms with Crippen LogP contribution < -0.4 is 5.32 Å². The maximum absolute atomic E-state index is 4.56. The Hall–Kier alpha value is -1.00. The molecule has 3 unspecified atom stereocenters. The van der Waals surface area contributed by atoms with Crippen LogP contribution in [-0.4, -0.2) is 40.0 Å². The van der Waals surface area contributed by atoms with E-state index in [1.165, 1.54) is 6.54 Å². The molecule has 3 heterocycles. The van der Waals surface area contributed by atoms with Crippen LogP contribution in [0.25, 0.3) is 0 Å². The molecule has 2 fully saturated rings. The third kappa shape index (κ3) is 1.98. The van der Waals surface area contributed by atoms with E-state index in [0.29, 0.717) is 6.04 Å². The quantitative estimate of drug-likeness (QED) is 0.880. The highest BCUT2D eigenvalue weighted by Crippen LogP contribution is 2.44. The highest BCUT2D eigenvalue weighted by Gasteiger charge is 2.51. The molecule has 104 valence electrons. The van der Waals surface area contributed by atoms with Crippen molar-refractivity contribution in [3.63, 3.8) is 0 Å². The van der Waals surface area contributed by atoms with E-state index in [9.17, 15) is 0 Å². The van der Waals surface area contributed by atoms with Crippen LogP contribution in [0.4, 0.5) is 0 Å². The van der Waals surface area contributed by atoms with Crippen LogP contribution >= 0.6 is 0 Å². The molecule has 0 amide bonds. The summed E-state index contributed by atoms with van der Waals surface area (Å²) < 4.78 is 0. The Labute approximate surface area is 115 Å². The van der Waals surface area contributed by atoms with E-state index in [1.807, 2.05) is 6.20 Å². The van der Waals surface area contributed by atoms with Gasteiger partial charge in [-0.3, -0.25) is 14.9 Å². The summed E-state index contributed by atoms with van der Waals surface area (Å²) in [6, 6.07) is 0.342. The minimum atomic E-state index is 0.234. The van der Waals surface area contributed by atoms with Gasteiger partial charge < -0.3 is 5.32 Å². The Morgan fingerprint density at radius 1 is 1.32 bits per heavy atom. The fourth-order valence-corrected chi connectivity index (χ4v) is 4.09. The summed E-state index contributed by atoms with van der Waals surface area (Å²) >= 11 is 0. The zero-order chi connectivity index (χ0) is 13.6. The second-order valence-corrected chi connectivity index (χ2v) is 6.53. The van der Waals surface area contributed by atoms with E-state index >= 15 is 0 Å². The van der Waals surface area contributed by atoms with Crippen molar-refractivity contribution < 1.29 is 0 Å². The molecule has 3 rings (SSSR count). The first kappa shape index (κ1) is 13.0. The number of nitrogens with zero attached hydrogens (tertiary/aromatic N) is 3. The van der Waals surface area contributed by atoms with E-state index in [1.54, 1.807) is 6.20 Å². The number of likely N-dealkylation sites (tertiary alicyclic amines) is 1. The van der Waals surface area contributed by atoms with Crippen LogP contribution in [0.3, 0.4) is 0 Å². The molecule has 0 aliphatic carbocycles. The third-order valence-electron chi connectivity index (χ3n) is 5.20. The molecule has 0 spiro atoms. The van der Waals surface area contributed by atoms with Crippen LogP contribution in [0.2, 0.25) is 0 Å². The maximum Gasteiger partial charge on any atom is 0.0784 e. The summed E-state index contributed by atoms with van der Waals surface area (Å²) in [5, 5.41) is 3.54. The first-order chi connectivity index (χ1) is 9.01. The second kappa shape index (κ2) is 4.53. The average molecular weight is 260 g/mol. The first-order valence-electron chi connectivity index (χ1n) is 7.26. The van der Waals surface area contributed by atoms with Gasteiger partial charge >= 0.3 is 0 Å². The number of nitrogens with one attached hydrogen (secondary N) is 1. The first-order valence-corrected chi connectivity index (χ1v) is 7.26. The summed E-state index contributed by atoms with van der Waals surface area (Å²) in [5.74, 6) is 1.54. The zero-order valence-electron chi connectivity index (χ0n) is 12.3. The predicted molar refractivity (Wildman–Crippen MR) is 75.8 cm³/mol. The molecule has 0 radical (unpaired) electrons. The molecule has 19 heavy (non-hydrogen) atoms. The third-order valence-corrected chi connectivity index (χ3v) is 5.20. The average Bonchev–Trinajstić information content (AvgIpc) is 2.92. The van der Waals surface area contributed by atoms with Crippen molar-refractivity contribution in [1.82, 2.24) is 20.2 Å². The smallest absolute Gasteiger partial charge is 0.0784 e. The molecule has 0 bridgehead atoms. The van der Waals surface area contributed by atoms with Gasteiger partial charge in [0.15, 0.2) is 0 Å². The van der Waals surface area contributed by atoms with Gasteiger partial charge in [0.2, 0.25) is 0 Å². The standard InChI is InChI=1S/C15H24N4/c1-10-14(18-6-5-17-10)11(2)19-9-12-7-16-8-13(12)15(19,3)4/h5-6,11-13,16H,7-9H2,1-4H3. The van der Waals surface area contributed by atoms with E-state index in [-0.39, 0.29) is 5.54 Å². The minimum Gasteiger partial charge on any atom is -0.316 e. The lowest BCUT2D eigenvalue weighted by Crippen LogP contribution is -2.45. The van der Waals surface area contributed by atoms with Crippen LogP contribution in [0.5, 0.6) is 0 Å². The van der Waals surface area contributed by atoms with Gasteiger partial charge in [0.1, 0.15) is 0 Å². The Kier molecular flexibility index (Phi) is 3.10. The Balaban J connectivity index is 1.89. The molecule has 2 aliphatic rings. The Bertz CT molecular complexity index is 471. The summed E-state index contributed by atoms with van der Waals surface area (Å²) in [6.45, 7) is 12.6. The fourth-order valence-electron chi connectivity index (χ4n) is 4.09. The van der Waals surface area contributed by atoms with Crippen LogP contribution in [-0.2, 0) is 0 Å². The normalized spacial score (nSPS) is 31.4. The van der Waals surface area contributed by atoms with Crippen molar-refractivity contribution in [3.05, 3.63) is 23.8 Å². The van der Waals surface area contributed by atoms with Gasteiger partial charge in [0.05, 0.1) is 17.4 Å². The number of fused-ring (bicyclic) bond motifs is 1. The van der Waals surface area contributed by atoms with Gasteiger partial charge in [-0.1, -0.05) is 0 Å². The van der Waals surface area contributed by atoms with E-state index in [2.05, 4.69) is 47.9 Å². The van der Waals surface area contributed by atoms with Gasteiger partial charge in [-0.25, -0.2) is 0 Å². The van der Waals surface area contributed by atoms with E-state index in [0.717, 1.165) is 36.3 Å². The van der Waals surface area contributed by atoms with Crippen LogP contribution in [0.15, 0.2) is 12.4 Å². The summed E-state index contributed by atoms with van der Waals surface area (Å²) in [4.78, 5) is 11.6. The van der Waals surface area contributed by atoms with E-state index in [4.69, 9.17) is 0 Å². The molecule has 3 atom stereocenters. The highest BCUT2D eigenvalue weighted by atomic mass is 15.3. The molecule has 4 heteroatoms.